The SMILES string of the molecule is O=C(NCCSCc1ccc(Cl)cc1)c1cccnc1. The van der Waals surface area contributed by atoms with Crippen LogP contribution in [0.15, 0.2) is 48.8 Å². The van der Waals surface area contributed by atoms with Gasteiger partial charge in [0.15, 0.2) is 0 Å². The number of aromatic nitrogens is 1. The molecule has 20 heavy (non-hydrogen) atoms. The number of nitrogens with zero attached hydrogens (tertiary/aromatic N) is 1. The average Bonchev–Trinajstić information content (AvgIpc) is 2.49. The molecule has 5 heteroatoms. The van der Waals surface area contributed by atoms with E-state index < -0.39 is 0 Å². The summed E-state index contributed by atoms with van der Waals surface area (Å²) in [5.41, 5.74) is 1.83. The second-order valence-corrected chi connectivity index (χ2v) is 5.72. The van der Waals surface area contributed by atoms with E-state index >= 15 is 0 Å². The Morgan fingerprint density at radius 3 is 2.75 bits per heavy atom. The molecule has 0 aliphatic carbocycles. The van der Waals surface area contributed by atoms with E-state index in [1.54, 1.807) is 36.3 Å². The molecule has 104 valence electrons. The van der Waals surface area contributed by atoms with Crippen LogP contribution in [0.5, 0.6) is 0 Å². The van der Waals surface area contributed by atoms with Gasteiger partial charge in [0, 0.05) is 35.5 Å². The summed E-state index contributed by atoms with van der Waals surface area (Å²) in [5.74, 6) is 1.71. The quantitative estimate of drug-likeness (QED) is 0.832. The maximum absolute atomic E-state index is 11.7. The molecule has 2 aromatic rings. The lowest BCUT2D eigenvalue weighted by Crippen LogP contribution is -2.25. The van der Waals surface area contributed by atoms with E-state index in [1.165, 1.54) is 5.56 Å². The summed E-state index contributed by atoms with van der Waals surface area (Å²) >= 11 is 7.61. The van der Waals surface area contributed by atoms with Gasteiger partial charge in [-0.15, -0.1) is 0 Å². The molecule has 1 aromatic carbocycles. The average molecular weight is 307 g/mol. The minimum Gasteiger partial charge on any atom is -0.351 e. The van der Waals surface area contributed by atoms with Gasteiger partial charge in [0.05, 0.1) is 5.56 Å². The highest BCUT2D eigenvalue weighted by atomic mass is 35.5. The van der Waals surface area contributed by atoms with Gasteiger partial charge < -0.3 is 5.32 Å². The number of rotatable bonds is 6. The fourth-order valence-electron chi connectivity index (χ4n) is 1.61. The highest BCUT2D eigenvalue weighted by molar-refractivity contribution is 7.98. The van der Waals surface area contributed by atoms with Gasteiger partial charge >= 0.3 is 0 Å². The lowest BCUT2D eigenvalue weighted by molar-refractivity contribution is 0.0956. The molecule has 0 fully saturated rings. The third-order valence-electron chi connectivity index (χ3n) is 2.64. The molecule has 1 N–H and O–H groups in total. The second kappa shape index (κ2) is 7.92. The Balaban J connectivity index is 1.64. The first kappa shape index (κ1) is 14.9. The largest absolute Gasteiger partial charge is 0.351 e. The molecular formula is C15H15ClN2OS. The molecular weight excluding hydrogens is 292 g/mol. The van der Waals surface area contributed by atoms with Crippen molar-refractivity contribution in [2.24, 2.45) is 0 Å². The van der Waals surface area contributed by atoms with E-state index in [-0.39, 0.29) is 5.91 Å². The summed E-state index contributed by atoms with van der Waals surface area (Å²) in [6, 6.07) is 11.3. The van der Waals surface area contributed by atoms with Gasteiger partial charge in [-0.05, 0) is 29.8 Å². The van der Waals surface area contributed by atoms with Crippen molar-refractivity contribution in [1.82, 2.24) is 10.3 Å². The zero-order chi connectivity index (χ0) is 14.2. The van der Waals surface area contributed by atoms with E-state index in [0.717, 1.165) is 16.5 Å². The molecule has 0 aliphatic rings. The van der Waals surface area contributed by atoms with Crippen molar-refractivity contribution in [3.8, 4) is 0 Å². The Morgan fingerprint density at radius 1 is 1.25 bits per heavy atom. The van der Waals surface area contributed by atoms with E-state index in [1.807, 2.05) is 24.3 Å². The lowest BCUT2D eigenvalue weighted by Gasteiger charge is -2.05. The fourth-order valence-corrected chi connectivity index (χ4v) is 2.55. The molecule has 0 bridgehead atoms. The molecule has 3 nitrogen and oxygen atoms in total. The number of hydrogen-bond donors (Lipinski definition) is 1. The van der Waals surface area contributed by atoms with Crippen LogP contribution in [0.2, 0.25) is 5.02 Å². The molecule has 1 amide bonds. The summed E-state index contributed by atoms with van der Waals surface area (Å²) in [7, 11) is 0. The normalized spacial score (nSPS) is 10.2. The molecule has 2 rings (SSSR count). The number of halogens is 1. The summed E-state index contributed by atoms with van der Waals surface area (Å²) in [6.45, 7) is 0.645. The number of amides is 1. The Kier molecular flexibility index (Phi) is 5.89. The van der Waals surface area contributed by atoms with Crippen molar-refractivity contribution < 1.29 is 4.79 Å². The highest BCUT2D eigenvalue weighted by Crippen LogP contribution is 2.14. The lowest BCUT2D eigenvalue weighted by atomic mass is 10.2. The molecule has 0 unspecified atom stereocenters. The van der Waals surface area contributed by atoms with Gasteiger partial charge in [0.1, 0.15) is 0 Å². The predicted octanol–water partition coefficient (Wildman–Crippen LogP) is 3.40. The Hall–Kier alpha value is -1.52. The molecule has 0 aliphatic heterocycles. The third-order valence-corrected chi connectivity index (χ3v) is 3.92. The predicted molar refractivity (Wildman–Crippen MR) is 84.2 cm³/mol. The first-order valence-electron chi connectivity index (χ1n) is 6.26. The van der Waals surface area contributed by atoms with Crippen LogP contribution in [0.25, 0.3) is 0 Å². The minimum atomic E-state index is -0.0785. The number of carbonyl (C=O) groups excluding carboxylic acids is 1. The van der Waals surface area contributed by atoms with Gasteiger partial charge in [-0.3, -0.25) is 9.78 Å². The number of thioether (sulfide) groups is 1. The monoisotopic (exact) mass is 306 g/mol. The summed E-state index contributed by atoms with van der Waals surface area (Å²) in [6.07, 6.45) is 3.22. The number of carbonyl (C=O) groups is 1. The summed E-state index contributed by atoms with van der Waals surface area (Å²) < 4.78 is 0. The van der Waals surface area contributed by atoms with Gasteiger partial charge in [0.25, 0.3) is 5.91 Å². The van der Waals surface area contributed by atoms with Gasteiger partial charge in [-0.25, -0.2) is 0 Å². The maximum Gasteiger partial charge on any atom is 0.252 e. The molecule has 1 heterocycles. The van der Waals surface area contributed by atoms with Crippen molar-refractivity contribution >= 4 is 29.3 Å². The standard InChI is InChI=1S/C15H15ClN2OS/c16-14-5-3-12(4-6-14)11-20-9-8-18-15(19)13-2-1-7-17-10-13/h1-7,10H,8-9,11H2,(H,18,19). The van der Waals surface area contributed by atoms with Crippen LogP contribution in [0.3, 0.4) is 0 Å². The van der Waals surface area contributed by atoms with Crippen LogP contribution in [0.4, 0.5) is 0 Å². The molecule has 0 radical (unpaired) electrons. The maximum atomic E-state index is 11.7. The first-order valence-corrected chi connectivity index (χ1v) is 7.79. The van der Waals surface area contributed by atoms with Crippen molar-refractivity contribution in [3.05, 3.63) is 64.9 Å². The van der Waals surface area contributed by atoms with Gasteiger partial charge in [-0.2, -0.15) is 11.8 Å². The van der Waals surface area contributed by atoms with E-state index in [0.29, 0.717) is 12.1 Å². The molecule has 0 saturated carbocycles. The Labute approximate surface area is 127 Å². The van der Waals surface area contributed by atoms with Crippen molar-refractivity contribution in [2.75, 3.05) is 12.3 Å². The number of hydrogen-bond acceptors (Lipinski definition) is 3. The smallest absolute Gasteiger partial charge is 0.252 e. The van der Waals surface area contributed by atoms with E-state index in [4.69, 9.17) is 11.6 Å². The van der Waals surface area contributed by atoms with E-state index in [2.05, 4.69) is 10.3 Å². The fraction of sp³-hybridized carbons (Fsp3) is 0.200. The van der Waals surface area contributed by atoms with Crippen LogP contribution in [0, 0.1) is 0 Å². The van der Waals surface area contributed by atoms with Crippen LogP contribution < -0.4 is 5.32 Å². The molecule has 0 atom stereocenters. The van der Waals surface area contributed by atoms with Crippen LogP contribution in [0.1, 0.15) is 15.9 Å². The zero-order valence-corrected chi connectivity index (χ0v) is 12.5. The van der Waals surface area contributed by atoms with Crippen LogP contribution in [-0.4, -0.2) is 23.2 Å². The highest BCUT2D eigenvalue weighted by Gasteiger charge is 2.03. The van der Waals surface area contributed by atoms with Crippen molar-refractivity contribution in [1.29, 1.82) is 0 Å². The molecule has 0 saturated heterocycles. The Bertz CT molecular complexity index is 546. The van der Waals surface area contributed by atoms with Crippen LogP contribution >= 0.6 is 23.4 Å². The van der Waals surface area contributed by atoms with Gasteiger partial charge in [0.2, 0.25) is 0 Å². The number of pyridine rings is 1. The molecule has 0 spiro atoms. The van der Waals surface area contributed by atoms with Crippen molar-refractivity contribution in [3.63, 3.8) is 0 Å². The molecule has 1 aromatic heterocycles. The van der Waals surface area contributed by atoms with E-state index in [9.17, 15) is 4.79 Å². The zero-order valence-electron chi connectivity index (χ0n) is 10.9. The number of nitrogens with one attached hydrogen (secondary N) is 1. The topological polar surface area (TPSA) is 42.0 Å². The second-order valence-electron chi connectivity index (χ2n) is 4.18. The van der Waals surface area contributed by atoms with Crippen molar-refractivity contribution in [2.45, 2.75) is 5.75 Å². The van der Waals surface area contributed by atoms with Gasteiger partial charge in [-0.1, -0.05) is 23.7 Å². The third kappa shape index (κ3) is 4.87. The summed E-state index contributed by atoms with van der Waals surface area (Å²) in [4.78, 5) is 15.7. The van der Waals surface area contributed by atoms with Crippen LogP contribution in [-0.2, 0) is 5.75 Å². The Morgan fingerprint density at radius 2 is 2.05 bits per heavy atom. The minimum absolute atomic E-state index is 0.0785. The number of benzene rings is 1. The summed E-state index contributed by atoms with van der Waals surface area (Å²) in [5, 5.41) is 3.63. The first-order chi connectivity index (χ1) is 9.75.